The van der Waals surface area contributed by atoms with Crippen molar-refractivity contribution in [1.29, 1.82) is 0 Å². The van der Waals surface area contributed by atoms with Crippen LogP contribution in [-0.2, 0) is 0 Å². The standard InChI is InChI=1S/C20H28N4S/c1-5-7-9-18-17(8-6-2)22-20-16(14-15(3)25-20)19(21-18)24-12-10-23(4)11-13-24/h6,8-9,14,22H,2,5,7,10-13H2,1,3-4H3/b17-8+,18-9+. The number of thiophene rings is 1. The fraction of sp³-hybridized carbons (Fsp3) is 0.450. The summed E-state index contributed by atoms with van der Waals surface area (Å²) >= 11 is 1.80. The SMILES string of the molecule is C=C/C=C1/Nc2sc(C)cc2C(N2CCN(C)CC2)=N/C1=C/CCC. The third-order valence-corrected chi connectivity index (χ3v) is 5.53. The van der Waals surface area contributed by atoms with Gasteiger partial charge in [-0.3, -0.25) is 0 Å². The normalized spacial score (nSPS) is 21.7. The molecule has 0 aromatic carbocycles. The summed E-state index contributed by atoms with van der Waals surface area (Å²) in [7, 11) is 2.19. The Labute approximate surface area is 155 Å². The smallest absolute Gasteiger partial charge is 0.139 e. The van der Waals surface area contributed by atoms with Gasteiger partial charge < -0.3 is 15.1 Å². The van der Waals surface area contributed by atoms with Crippen molar-refractivity contribution in [2.75, 3.05) is 38.5 Å². The molecule has 3 rings (SSSR count). The van der Waals surface area contributed by atoms with Gasteiger partial charge in [0.25, 0.3) is 0 Å². The second-order valence-electron chi connectivity index (χ2n) is 6.64. The number of rotatable bonds is 3. The van der Waals surface area contributed by atoms with Crippen LogP contribution in [0.25, 0.3) is 0 Å². The highest BCUT2D eigenvalue weighted by Crippen LogP contribution is 2.35. The molecule has 0 saturated carbocycles. The lowest BCUT2D eigenvalue weighted by molar-refractivity contribution is 0.216. The van der Waals surface area contributed by atoms with Crippen LogP contribution in [0, 0.1) is 6.92 Å². The Hall–Kier alpha value is -1.85. The topological polar surface area (TPSA) is 30.9 Å². The van der Waals surface area contributed by atoms with Gasteiger partial charge in [-0.1, -0.05) is 32.1 Å². The van der Waals surface area contributed by atoms with Gasteiger partial charge in [-0.25, -0.2) is 4.99 Å². The Bertz CT molecular complexity index is 718. The Kier molecular flexibility index (Phi) is 5.76. The predicted octanol–water partition coefficient (Wildman–Crippen LogP) is 4.23. The number of amidine groups is 1. The molecule has 0 aliphatic carbocycles. The van der Waals surface area contributed by atoms with Crippen molar-refractivity contribution in [3.8, 4) is 0 Å². The Morgan fingerprint density at radius 3 is 2.76 bits per heavy atom. The molecule has 1 fully saturated rings. The van der Waals surface area contributed by atoms with Crippen molar-refractivity contribution in [3.63, 3.8) is 0 Å². The molecule has 25 heavy (non-hydrogen) atoms. The molecule has 0 unspecified atom stereocenters. The van der Waals surface area contributed by atoms with Crippen LogP contribution in [0.2, 0.25) is 0 Å². The number of likely N-dealkylation sites (N-methyl/N-ethyl adjacent to an activating group) is 1. The second-order valence-corrected chi connectivity index (χ2v) is 7.90. The van der Waals surface area contributed by atoms with E-state index < -0.39 is 0 Å². The van der Waals surface area contributed by atoms with E-state index in [9.17, 15) is 0 Å². The molecule has 0 atom stereocenters. The summed E-state index contributed by atoms with van der Waals surface area (Å²) in [4.78, 5) is 11.2. The summed E-state index contributed by atoms with van der Waals surface area (Å²) in [6.07, 6.45) is 8.24. The first-order chi connectivity index (χ1) is 12.1. The lowest BCUT2D eigenvalue weighted by atomic mass is 10.2. The van der Waals surface area contributed by atoms with Crippen LogP contribution in [0.1, 0.15) is 30.2 Å². The van der Waals surface area contributed by atoms with Gasteiger partial charge in [0.1, 0.15) is 10.8 Å². The van der Waals surface area contributed by atoms with Crippen molar-refractivity contribution in [1.82, 2.24) is 9.80 Å². The first-order valence-corrected chi connectivity index (χ1v) is 9.87. The van der Waals surface area contributed by atoms with E-state index in [1.54, 1.807) is 11.3 Å². The number of aryl methyl sites for hydroxylation is 1. The fourth-order valence-corrected chi connectivity index (χ4v) is 4.05. The predicted molar refractivity (Wildman–Crippen MR) is 110 cm³/mol. The highest BCUT2D eigenvalue weighted by Gasteiger charge is 2.26. The summed E-state index contributed by atoms with van der Waals surface area (Å²) < 4.78 is 0. The van der Waals surface area contributed by atoms with Crippen molar-refractivity contribution >= 4 is 22.2 Å². The zero-order chi connectivity index (χ0) is 17.8. The quantitative estimate of drug-likeness (QED) is 0.879. The summed E-state index contributed by atoms with van der Waals surface area (Å²) in [5, 5.41) is 4.79. The molecule has 2 aliphatic rings. The number of aliphatic imine (C=N–C) groups is 1. The van der Waals surface area contributed by atoms with E-state index in [2.05, 4.69) is 54.7 Å². The van der Waals surface area contributed by atoms with E-state index in [4.69, 9.17) is 4.99 Å². The summed E-state index contributed by atoms with van der Waals surface area (Å²) in [5.41, 5.74) is 3.29. The van der Waals surface area contributed by atoms with Gasteiger partial charge in [-0.15, -0.1) is 11.3 Å². The monoisotopic (exact) mass is 356 g/mol. The maximum absolute atomic E-state index is 5.13. The van der Waals surface area contributed by atoms with Gasteiger partial charge in [0.05, 0.1) is 17.0 Å². The number of hydrogen-bond acceptors (Lipinski definition) is 5. The van der Waals surface area contributed by atoms with E-state index in [1.807, 2.05) is 12.2 Å². The first kappa shape index (κ1) is 18.0. The third kappa shape index (κ3) is 4.05. The highest BCUT2D eigenvalue weighted by atomic mass is 32.1. The average molecular weight is 357 g/mol. The zero-order valence-corrected chi connectivity index (χ0v) is 16.3. The van der Waals surface area contributed by atoms with Crippen molar-refractivity contribution in [2.45, 2.75) is 26.7 Å². The molecule has 134 valence electrons. The molecule has 0 amide bonds. The van der Waals surface area contributed by atoms with Crippen molar-refractivity contribution < 1.29 is 0 Å². The van der Waals surface area contributed by atoms with E-state index in [-0.39, 0.29) is 0 Å². The molecule has 0 bridgehead atoms. The minimum atomic E-state index is 1.02. The van der Waals surface area contributed by atoms with Crippen LogP contribution >= 0.6 is 11.3 Å². The molecule has 4 nitrogen and oxygen atoms in total. The Morgan fingerprint density at radius 2 is 2.08 bits per heavy atom. The lowest BCUT2D eigenvalue weighted by Crippen LogP contribution is -2.47. The molecule has 1 aromatic heterocycles. The minimum Gasteiger partial charge on any atom is -0.353 e. The van der Waals surface area contributed by atoms with Crippen molar-refractivity contribution in [2.24, 2.45) is 4.99 Å². The summed E-state index contributed by atoms with van der Waals surface area (Å²) in [5.74, 6) is 1.11. The maximum Gasteiger partial charge on any atom is 0.139 e. The maximum atomic E-state index is 5.13. The molecule has 5 heteroatoms. The lowest BCUT2D eigenvalue weighted by Gasteiger charge is -2.34. The average Bonchev–Trinajstić information content (AvgIpc) is 2.90. The van der Waals surface area contributed by atoms with Crippen LogP contribution in [0.15, 0.2) is 47.3 Å². The van der Waals surface area contributed by atoms with E-state index >= 15 is 0 Å². The summed E-state index contributed by atoms with van der Waals surface area (Å²) in [6, 6.07) is 2.26. The number of anilines is 1. The Morgan fingerprint density at radius 1 is 1.32 bits per heavy atom. The van der Waals surface area contributed by atoms with Gasteiger partial charge in [0.15, 0.2) is 0 Å². The molecule has 1 N–H and O–H groups in total. The van der Waals surface area contributed by atoms with Crippen LogP contribution < -0.4 is 5.32 Å². The second kappa shape index (κ2) is 8.02. The molecule has 0 radical (unpaired) electrons. The van der Waals surface area contributed by atoms with Gasteiger partial charge in [-0.05, 0) is 32.5 Å². The van der Waals surface area contributed by atoms with Crippen LogP contribution in [-0.4, -0.2) is 48.9 Å². The number of hydrogen-bond donors (Lipinski definition) is 1. The van der Waals surface area contributed by atoms with Crippen LogP contribution in [0.4, 0.5) is 5.00 Å². The van der Waals surface area contributed by atoms with E-state index in [1.165, 1.54) is 15.4 Å². The largest absolute Gasteiger partial charge is 0.353 e. The van der Waals surface area contributed by atoms with Gasteiger partial charge in [0, 0.05) is 31.1 Å². The van der Waals surface area contributed by atoms with Gasteiger partial charge in [0.2, 0.25) is 0 Å². The van der Waals surface area contributed by atoms with Crippen LogP contribution in [0.5, 0.6) is 0 Å². The van der Waals surface area contributed by atoms with Gasteiger partial charge in [-0.2, -0.15) is 0 Å². The fourth-order valence-electron chi connectivity index (χ4n) is 3.13. The molecule has 0 spiro atoms. The molecular formula is C20H28N4S. The number of piperazine rings is 1. The molecule has 1 aromatic rings. The summed E-state index contributed by atoms with van der Waals surface area (Å²) in [6.45, 7) is 12.4. The number of allylic oxidation sites excluding steroid dienone is 3. The minimum absolute atomic E-state index is 1.02. The first-order valence-electron chi connectivity index (χ1n) is 9.05. The zero-order valence-electron chi connectivity index (χ0n) is 15.5. The number of nitrogens with one attached hydrogen (secondary N) is 1. The molecule has 3 heterocycles. The van der Waals surface area contributed by atoms with E-state index in [0.717, 1.165) is 56.3 Å². The van der Waals surface area contributed by atoms with E-state index in [0.29, 0.717) is 0 Å². The molecular weight excluding hydrogens is 328 g/mol. The number of unbranched alkanes of at least 4 members (excludes halogenated alkanes) is 1. The van der Waals surface area contributed by atoms with Gasteiger partial charge >= 0.3 is 0 Å². The number of nitrogens with zero attached hydrogens (tertiary/aromatic N) is 3. The third-order valence-electron chi connectivity index (χ3n) is 4.56. The molecule has 1 saturated heterocycles. The Balaban J connectivity index is 2.07. The van der Waals surface area contributed by atoms with Crippen LogP contribution in [0.3, 0.4) is 0 Å². The number of fused-ring (bicyclic) bond motifs is 1. The van der Waals surface area contributed by atoms with Crippen molar-refractivity contribution in [3.05, 3.63) is 52.7 Å². The highest BCUT2D eigenvalue weighted by molar-refractivity contribution is 7.16. The molecule has 2 aliphatic heterocycles.